The number of carbonyl (C=O) groups is 2. The molecule has 0 bridgehead atoms. The molecule has 0 fully saturated rings. The summed E-state index contributed by atoms with van der Waals surface area (Å²) in [5.41, 5.74) is 2.84. The molecule has 0 saturated heterocycles. The van der Waals surface area contributed by atoms with Crippen molar-refractivity contribution in [2.45, 2.75) is 27.4 Å². The maximum Gasteiger partial charge on any atom is 0.387 e. The molecule has 0 amide bonds. The Morgan fingerprint density at radius 2 is 1.79 bits per heavy atom. The Balaban J connectivity index is 1.82. The van der Waals surface area contributed by atoms with Crippen molar-refractivity contribution < 1.29 is 27.8 Å². The van der Waals surface area contributed by atoms with E-state index in [-0.39, 0.29) is 16.9 Å². The molecule has 1 heterocycles. The van der Waals surface area contributed by atoms with Crippen molar-refractivity contribution in [2.24, 2.45) is 0 Å². The standard InChI is InChI=1S/C22H19F2NO4/c1-12-8-9-19(29-22(23)24)16(10-12)18(26)11-28-21(27)20-13(2)15-6-4-5-7-17(15)25-14(20)3/h4-10,22H,11H2,1-3H3. The zero-order chi connectivity index (χ0) is 21.1. The van der Waals surface area contributed by atoms with Gasteiger partial charge in [-0.1, -0.05) is 29.8 Å². The number of fused-ring (bicyclic) bond motifs is 1. The third-order valence-electron chi connectivity index (χ3n) is 4.52. The van der Waals surface area contributed by atoms with Crippen LogP contribution < -0.4 is 4.74 Å². The molecule has 1 aromatic heterocycles. The molecule has 3 rings (SSSR count). The second kappa shape index (κ2) is 8.34. The Bertz CT molecular complexity index is 1100. The molecule has 0 atom stereocenters. The number of hydrogen-bond acceptors (Lipinski definition) is 5. The number of carbonyl (C=O) groups excluding carboxylic acids is 2. The van der Waals surface area contributed by atoms with Crippen LogP contribution in [0.3, 0.4) is 0 Å². The lowest BCUT2D eigenvalue weighted by Crippen LogP contribution is -2.18. The van der Waals surface area contributed by atoms with Gasteiger partial charge in [-0.3, -0.25) is 9.78 Å². The fourth-order valence-corrected chi connectivity index (χ4v) is 3.17. The molecule has 3 aromatic rings. The number of ether oxygens (including phenoxy) is 2. The van der Waals surface area contributed by atoms with Crippen LogP contribution in [0.25, 0.3) is 10.9 Å². The van der Waals surface area contributed by atoms with E-state index in [4.69, 9.17) is 4.74 Å². The number of alkyl halides is 2. The van der Waals surface area contributed by atoms with Crippen molar-refractivity contribution in [2.75, 3.05) is 6.61 Å². The van der Waals surface area contributed by atoms with Gasteiger partial charge in [-0.2, -0.15) is 8.78 Å². The number of aromatic nitrogens is 1. The van der Waals surface area contributed by atoms with Gasteiger partial charge in [-0.15, -0.1) is 0 Å². The molecular weight excluding hydrogens is 380 g/mol. The highest BCUT2D eigenvalue weighted by molar-refractivity contribution is 6.03. The Morgan fingerprint density at radius 3 is 2.52 bits per heavy atom. The summed E-state index contributed by atoms with van der Waals surface area (Å²) >= 11 is 0. The smallest absolute Gasteiger partial charge is 0.387 e. The van der Waals surface area contributed by atoms with Crippen molar-refractivity contribution in [3.8, 4) is 5.75 Å². The van der Waals surface area contributed by atoms with Crippen molar-refractivity contribution >= 4 is 22.7 Å². The van der Waals surface area contributed by atoms with E-state index in [1.54, 1.807) is 26.8 Å². The number of para-hydroxylation sites is 1. The molecule has 2 aromatic carbocycles. The summed E-state index contributed by atoms with van der Waals surface area (Å²) in [6.45, 7) is 1.51. The Kier molecular flexibility index (Phi) is 5.87. The highest BCUT2D eigenvalue weighted by Gasteiger charge is 2.21. The van der Waals surface area contributed by atoms with E-state index in [1.165, 1.54) is 12.1 Å². The lowest BCUT2D eigenvalue weighted by atomic mass is 10.0. The topological polar surface area (TPSA) is 65.5 Å². The van der Waals surface area contributed by atoms with Crippen molar-refractivity contribution in [3.05, 3.63) is 70.4 Å². The Morgan fingerprint density at radius 1 is 1.07 bits per heavy atom. The van der Waals surface area contributed by atoms with Crippen molar-refractivity contribution in [1.82, 2.24) is 4.98 Å². The molecule has 0 spiro atoms. The van der Waals surface area contributed by atoms with Gasteiger partial charge in [0.1, 0.15) is 5.75 Å². The zero-order valence-corrected chi connectivity index (χ0v) is 16.2. The summed E-state index contributed by atoms with van der Waals surface area (Å²) in [4.78, 5) is 29.5. The summed E-state index contributed by atoms with van der Waals surface area (Å²) in [6.07, 6.45) is 0. The third-order valence-corrected chi connectivity index (χ3v) is 4.52. The van der Waals surface area contributed by atoms with E-state index in [2.05, 4.69) is 9.72 Å². The SMILES string of the molecule is Cc1ccc(OC(F)F)c(C(=O)COC(=O)c2c(C)nc3ccccc3c2C)c1. The number of halogens is 2. The van der Waals surface area contributed by atoms with Crippen LogP contribution in [0.2, 0.25) is 0 Å². The van der Waals surface area contributed by atoms with Gasteiger partial charge in [0.05, 0.1) is 22.3 Å². The molecular formula is C22H19F2NO4. The average Bonchev–Trinajstić information content (AvgIpc) is 2.67. The van der Waals surface area contributed by atoms with Crippen LogP contribution in [0.4, 0.5) is 8.78 Å². The van der Waals surface area contributed by atoms with E-state index >= 15 is 0 Å². The molecule has 29 heavy (non-hydrogen) atoms. The fraction of sp³-hybridized carbons (Fsp3) is 0.227. The van der Waals surface area contributed by atoms with Crippen LogP contribution >= 0.6 is 0 Å². The maximum absolute atomic E-state index is 12.6. The first-order valence-electron chi connectivity index (χ1n) is 8.89. The summed E-state index contributed by atoms with van der Waals surface area (Å²) in [7, 11) is 0. The van der Waals surface area contributed by atoms with Gasteiger partial charge in [0.25, 0.3) is 0 Å². The molecule has 0 aliphatic rings. The van der Waals surface area contributed by atoms with Crippen LogP contribution in [-0.4, -0.2) is 30.0 Å². The quantitative estimate of drug-likeness (QED) is 0.440. The lowest BCUT2D eigenvalue weighted by Gasteiger charge is -2.13. The molecule has 0 aliphatic heterocycles. The number of hydrogen-bond donors (Lipinski definition) is 0. The van der Waals surface area contributed by atoms with E-state index in [0.717, 1.165) is 10.9 Å². The highest BCUT2D eigenvalue weighted by atomic mass is 19.3. The molecule has 0 unspecified atom stereocenters. The van der Waals surface area contributed by atoms with Gasteiger partial charge in [-0.05, 0) is 44.5 Å². The van der Waals surface area contributed by atoms with E-state index in [1.807, 2.05) is 24.3 Å². The zero-order valence-electron chi connectivity index (χ0n) is 16.2. The number of rotatable bonds is 6. The number of esters is 1. The van der Waals surface area contributed by atoms with Gasteiger partial charge in [0, 0.05) is 5.39 Å². The second-order valence-electron chi connectivity index (χ2n) is 6.59. The minimum Gasteiger partial charge on any atom is -0.454 e. The molecule has 5 nitrogen and oxygen atoms in total. The van der Waals surface area contributed by atoms with Crippen LogP contribution in [0.15, 0.2) is 42.5 Å². The third kappa shape index (κ3) is 4.39. The first-order valence-corrected chi connectivity index (χ1v) is 8.89. The van der Waals surface area contributed by atoms with E-state index in [0.29, 0.717) is 16.8 Å². The Labute approximate surface area is 166 Å². The Hall–Kier alpha value is -3.35. The monoisotopic (exact) mass is 399 g/mol. The summed E-state index contributed by atoms with van der Waals surface area (Å²) in [6, 6.07) is 11.6. The van der Waals surface area contributed by atoms with Gasteiger partial charge in [0.15, 0.2) is 6.61 Å². The van der Waals surface area contributed by atoms with Crippen molar-refractivity contribution in [1.29, 1.82) is 0 Å². The number of nitrogens with zero attached hydrogens (tertiary/aromatic N) is 1. The maximum atomic E-state index is 12.6. The van der Waals surface area contributed by atoms with Gasteiger partial charge in [0.2, 0.25) is 5.78 Å². The summed E-state index contributed by atoms with van der Waals surface area (Å²) in [5, 5.41) is 0.808. The number of benzene rings is 2. The first-order chi connectivity index (χ1) is 13.8. The number of aryl methyl sites for hydroxylation is 3. The highest BCUT2D eigenvalue weighted by Crippen LogP contribution is 2.25. The lowest BCUT2D eigenvalue weighted by molar-refractivity contribution is -0.0502. The molecule has 150 valence electrons. The number of pyridine rings is 1. The molecule has 0 aliphatic carbocycles. The molecule has 0 N–H and O–H groups in total. The normalized spacial score (nSPS) is 11.0. The molecule has 0 saturated carbocycles. The number of ketones is 1. The van der Waals surface area contributed by atoms with Crippen molar-refractivity contribution in [3.63, 3.8) is 0 Å². The van der Waals surface area contributed by atoms with E-state index in [9.17, 15) is 18.4 Å². The summed E-state index contributed by atoms with van der Waals surface area (Å²) in [5.74, 6) is -1.59. The molecule has 0 radical (unpaired) electrons. The van der Waals surface area contributed by atoms with Crippen LogP contribution in [-0.2, 0) is 4.74 Å². The van der Waals surface area contributed by atoms with E-state index < -0.39 is 25.0 Å². The largest absolute Gasteiger partial charge is 0.454 e. The van der Waals surface area contributed by atoms with Crippen LogP contribution in [0.5, 0.6) is 5.75 Å². The van der Waals surface area contributed by atoms with Gasteiger partial charge < -0.3 is 9.47 Å². The predicted octanol–water partition coefficient (Wildman–Crippen LogP) is 4.80. The predicted molar refractivity (Wildman–Crippen MR) is 104 cm³/mol. The minimum absolute atomic E-state index is 0.0665. The van der Waals surface area contributed by atoms with Crippen LogP contribution in [0, 0.1) is 20.8 Å². The van der Waals surface area contributed by atoms with Gasteiger partial charge >= 0.3 is 12.6 Å². The minimum atomic E-state index is -3.07. The average molecular weight is 399 g/mol. The van der Waals surface area contributed by atoms with Gasteiger partial charge in [-0.25, -0.2) is 4.79 Å². The number of Topliss-reactive ketones (excluding diaryl/α,β-unsaturated/α-hetero) is 1. The first kappa shape index (κ1) is 20.4. The second-order valence-corrected chi connectivity index (χ2v) is 6.59. The van der Waals surface area contributed by atoms with Crippen LogP contribution in [0.1, 0.15) is 37.5 Å². The fourth-order valence-electron chi connectivity index (χ4n) is 3.17. The molecule has 7 heteroatoms. The summed E-state index contributed by atoms with van der Waals surface area (Å²) < 4.78 is 34.8.